The Balaban J connectivity index is 2.01. The van der Waals surface area contributed by atoms with Crippen LogP contribution in [0.2, 0.25) is 0 Å². The van der Waals surface area contributed by atoms with Crippen LogP contribution < -0.4 is 16.0 Å². The highest BCUT2D eigenvalue weighted by atomic mass is 32.2. The van der Waals surface area contributed by atoms with Crippen molar-refractivity contribution >= 4 is 11.8 Å². The minimum absolute atomic E-state index is 0.967. The molecule has 0 bridgehead atoms. The maximum absolute atomic E-state index is 3.35. The molecule has 3 nitrogen and oxygen atoms in total. The van der Waals surface area contributed by atoms with Gasteiger partial charge in [0.1, 0.15) is 0 Å². The van der Waals surface area contributed by atoms with E-state index >= 15 is 0 Å². The van der Waals surface area contributed by atoms with Gasteiger partial charge >= 0.3 is 0 Å². The molecule has 0 saturated heterocycles. The summed E-state index contributed by atoms with van der Waals surface area (Å²) in [6.45, 7) is 4.12. The SMILES string of the molecule is CNCCNCC1=CSCCN1. The van der Waals surface area contributed by atoms with E-state index in [1.807, 2.05) is 18.8 Å². The number of nitrogens with one attached hydrogen (secondary N) is 3. The molecule has 0 radical (unpaired) electrons. The summed E-state index contributed by atoms with van der Waals surface area (Å²) in [5.74, 6) is 1.19. The Morgan fingerprint density at radius 2 is 2.50 bits per heavy atom. The van der Waals surface area contributed by atoms with E-state index in [-0.39, 0.29) is 0 Å². The first-order valence-corrected chi connectivity index (χ1v) is 5.38. The Kier molecular flexibility index (Phi) is 5.23. The fourth-order valence-electron chi connectivity index (χ4n) is 1.01. The zero-order chi connectivity index (χ0) is 8.65. The van der Waals surface area contributed by atoms with Crippen molar-refractivity contribution in [1.29, 1.82) is 0 Å². The Morgan fingerprint density at radius 1 is 1.58 bits per heavy atom. The minimum atomic E-state index is 0.967. The summed E-state index contributed by atoms with van der Waals surface area (Å²) in [5.41, 5.74) is 1.32. The van der Waals surface area contributed by atoms with Crippen molar-refractivity contribution in [1.82, 2.24) is 16.0 Å². The third-order valence-corrected chi connectivity index (χ3v) is 2.56. The van der Waals surface area contributed by atoms with Crippen molar-refractivity contribution in [2.24, 2.45) is 0 Å². The molecule has 0 saturated carbocycles. The fraction of sp³-hybridized carbons (Fsp3) is 0.750. The van der Waals surface area contributed by atoms with Crippen LogP contribution in [0.25, 0.3) is 0 Å². The van der Waals surface area contributed by atoms with Gasteiger partial charge in [-0.3, -0.25) is 0 Å². The third-order valence-electron chi connectivity index (χ3n) is 1.66. The summed E-state index contributed by atoms with van der Waals surface area (Å²) in [7, 11) is 1.97. The van der Waals surface area contributed by atoms with E-state index in [9.17, 15) is 0 Å². The number of hydrogen-bond acceptors (Lipinski definition) is 4. The summed E-state index contributed by atoms with van der Waals surface area (Å²) >= 11 is 1.89. The molecule has 0 aromatic heterocycles. The summed E-state index contributed by atoms with van der Waals surface area (Å²) in [4.78, 5) is 0. The predicted octanol–water partition coefficient (Wildman–Crippen LogP) is -0.0268. The molecule has 0 aromatic carbocycles. The lowest BCUT2D eigenvalue weighted by molar-refractivity contribution is 0.657. The van der Waals surface area contributed by atoms with E-state index in [1.54, 1.807) is 0 Å². The third kappa shape index (κ3) is 3.99. The second-order valence-electron chi connectivity index (χ2n) is 2.72. The average molecular weight is 187 g/mol. The molecule has 12 heavy (non-hydrogen) atoms. The van der Waals surface area contributed by atoms with Gasteiger partial charge in [0.15, 0.2) is 0 Å². The van der Waals surface area contributed by atoms with Crippen LogP contribution in [0, 0.1) is 0 Å². The molecule has 4 heteroatoms. The van der Waals surface area contributed by atoms with Gasteiger partial charge in [0, 0.05) is 37.6 Å². The molecule has 1 aliphatic heterocycles. The first kappa shape index (κ1) is 9.89. The monoisotopic (exact) mass is 187 g/mol. The van der Waals surface area contributed by atoms with Gasteiger partial charge in [-0.2, -0.15) is 0 Å². The zero-order valence-electron chi connectivity index (χ0n) is 7.52. The van der Waals surface area contributed by atoms with Crippen molar-refractivity contribution < 1.29 is 0 Å². The van der Waals surface area contributed by atoms with E-state index in [4.69, 9.17) is 0 Å². The largest absolute Gasteiger partial charge is 0.386 e. The number of likely N-dealkylation sites (N-methyl/N-ethyl adjacent to an activating group) is 1. The molecule has 0 atom stereocenters. The minimum Gasteiger partial charge on any atom is -0.386 e. The van der Waals surface area contributed by atoms with Crippen LogP contribution in [0.4, 0.5) is 0 Å². The highest BCUT2D eigenvalue weighted by molar-refractivity contribution is 8.02. The molecular weight excluding hydrogens is 170 g/mol. The second-order valence-corrected chi connectivity index (χ2v) is 3.70. The maximum atomic E-state index is 3.35. The Hall–Kier alpha value is -0.190. The van der Waals surface area contributed by atoms with Crippen LogP contribution in [-0.4, -0.2) is 39.0 Å². The molecule has 0 spiro atoms. The summed E-state index contributed by atoms with van der Waals surface area (Å²) in [6.07, 6.45) is 0. The van der Waals surface area contributed by atoms with E-state index in [0.717, 1.165) is 26.2 Å². The van der Waals surface area contributed by atoms with Gasteiger partial charge in [-0.25, -0.2) is 0 Å². The molecule has 3 N–H and O–H groups in total. The van der Waals surface area contributed by atoms with E-state index in [1.165, 1.54) is 11.4 Å². The summed E-state index contributed by atoms with van der Waals surface area (Å²) < 4.78 is 0. The van der Waals surface area contributed by atoms with Gasteiger partial charge in [-0.05, 0) is 12.5 Å². The van der Waals surface area contributed by atoms with E-state index < -0.39 is 0 Å². The summed E-state index contributed by atoms with van der Waals surface area (Å²) in [5, 5.41) is 12.0. The molecule has 1 aliphatic rings. The van der Waals surface area contributed by atoms with Crippen LogP contribution in [0.3, 0.4) is 0 Å². The van der Waals surface area contributed by atoms with E-state index in [0.29, 0.717) is 0 Å². The predicted molar refractivity (Wildman–Crippen MR) is 55.3 cm³/mol. The lowest BCUT2D eigenvalue weighted by Gasteiger charge is -2.15. The first-order valence-electron chi connectivity index (χ1n) is 4.33. The standard InChI is InChI=1S/C8H17N3S/c1-9-2-3-10-6-8-7-12-5-4-11-8/h7,9-11H,2-6H2,1H3. The maximum Gasteiger partial charge on any atom is 0.0359 e. The smallest absolute Gasteiger partial charge is 0.0359 e. The zero-order valence-corrected chi connectivity index (χ0v) is 8.34. The van der Waals surface area contributed by atoms with Crippen LogP contribution in [0.5, 0.6) is 0 Å². The van der Waals surface area contributed by atoms with Crippen molar-refractivity contribution in [3.8, 4) is 0 Å². The first-order chi connectivity index (χ1) is 5.93. The quantitative estimate of drug-likeness (QED) is 0.528. The number of hydrogen-bond donors (Lipinski definition) is 3. The second kappa shape index (κ2) is 6.34. The highest BCUT2D eigenvalue weighted by Crippen LogP contribution is 2.08. The van der Waals surface area contributed by atoms with Crippen molar-refractivity contribution in [2.75, 3.05) is 39.0 Å². The van der Waals surface area contributed by atoms with Gasteiger partial charge < -0.3 is 16.0 Å². The highest BCUT2D eigenvalue weighted by Gasteiger charge is 2.00. The lowest BCUT2D eigenvalue weighted by atomic mass is 10.4. The lowest BCUT2D eigenvalue weighted by Crippen LogP contribution is -2.32. The van der Waals surface area contributed by atoms with Crippen LogP contribution >= 0.6 is 11.8 Å². The molecule has 0 amide bonds. The Labute approximate surface area is 78.4 Å². The number of rotatable bonds is 5. The molecular formula is C8H17N3S. The van der Waals surface area contributed by atoms with Gasteiger partial charge in [0.05, 0.1) is 0 Å². The van der Waals surface area contributed by atoms with Gasteiger partial charge in [0.25, 0.3) is 0 Å². The molecule has 0 unspecified atom stereocenters. The van der Waals surface area contributed by atoms with Gasteiger partial charge in [-0.15, -0.1) is 11.8 Å². The molecule has 0 aromatic rings. The summed E-state index contributed by atoms with van der Waals surface area (Å²) in [6, 6.07) is 0. The van der Waals surface area contributed by atoms with Crippen molar-refractivity contribution in [3.05, 3.63) is 11.1 Å². The molecule has 1 heterocycles. The van der Waals surface area contributed by atoms with Crippen LogP contribution in [0.15, 0.2) is 11.1 Å². The van der Waals surface area contributed by atoms with Crippen molar-refractivity contribution in [2.45, 2.75) is 0 Å². The van der Waals surface area contributed by atoms with Crippen LogP contribution in [0.1, 0.15) is 0 Å². The van der Waals surface area contributed by atoms with Crippen LogP contribution in [-0.2, 0) is 0 Å². The normalized spacial score (nSPS) is 16.9. The molecule has 0 aliphatic carbocycles. The molecule has 1 rings (SSSR count). The average Bonchev–Trinajstić information content (AvgIpc) is 2.14. The molecule has 70 valence electrons. The Morgan fingerprint density at radius 3 is 3.17 bits per heavy atom. The number of thioether (sulfide) groups is 1. The topological polar surface area (TPSA) is 36.1 Å². The Bertz CT molecular complexity index is 147. The van der Waals surface area contributed by atoms with Gasteiger partial charge in [0.2, 0.25) is 0 Å². The molecule has 0 fully saturated rings. The van der Waals surface area contributed by atoms with Gasteiger partial charge in [-0.1, -0.05) is 0 Å². The van der Waals surface area contributed by atoms with Crippen molar-refractivity contribution in [3.63, 3.8) is 0 Å². The fourth-order valence-corrected chi connectivity index (χ4v) is 1.72. The van der Waals surface area contributed by atoms with E-state index in [2.05, 4.69) is 21.4 Å².